The molecule has 0 aliphatic heterocycles. The molecule has 1 aliphatic carbocycles. The van der Waals surface area contributed by atoms with Gasteiger partial charge < -0.3 is 5.32 Å². The van der Waals surface area contributed by atoms with Crippen LogP contribution in [-0.4, -0.2) is 27.1 Å². The molecule has 0 fully saturated rings. The zero-order valence-corrected chi connectivity index (χ0v) is 17.6. The Morgan fingerprint density at radius 3 is 2.36 bits per heavy atom. The van der Waals surface area contributed by atoms with Crippen molar-refractivity contribution < 1.29 is 13.2 Å². The summed E-state index contributed by atoms with van der Waals surface area (Å²) >= 11 is 0. The normalized spacial score (nSPS) is 14.8. The second-order valence-corrected chi connectivity index (χ2v) is 9.54. The number of carbonyl (C=O) groups is 1. The molecule has 1 atom stereocenters. The van der Waals surface area contributed by atoms with E-state index in [-0.39, 0.29) is 18.5 Å². The lowest BCUT2D eigenvalue weighted by Crippen LogP contribution is -2.41. The van der Waals surface area contributed by atoms with Gasteiger partial charge in [0.2, 0.25) is 15.9 Å². The van der Waals surface area contributed by atoms with E-state index in [4.69, 9.17) is 0 Å². The van der Waals surface area contributed by atoms with E-state index in [9.17, 15) is 13.2 Å². The average Bonchev–Trinajstić information content (AvgIpc) is 2.65. The number of anilines is 1. The van der Waals surface area contributed by atoms with E-state index in [1.165, 1.54) is 24.0 Å². The Hall–Kier alpha value is -2.34. The Bertz CT molecular complexity index is 952. The average molecular weight is 401 g/mol. The predicted octanol–water partition coefficient (Wildman–Crippen LogP) is 3.52. The van der Waals surface area contributed by atoms with Crippen molar-refractivity contribution in [2.75, 3.05) is 17.1 Å². The minimum atomic E-state index is -3.57. The first-order valence-electron chi connectivity index (χ1n) is 9.69. The Kier molecular flexibility index (Phi) is 6.08. The first kappa shape index (κ1) is 20.4. The van der Waals surface area contributed by atoms with Crippen LogP contribution < -0.4 is 9.62 Å². The molecule has 2 aromatic carbocycles. The molecule has 0 heterocycles. The van der Waals surface area contributed by atoms with Crippen molar-refractivity contribution in [3.8, 4) is 0 Å². The Balaban J connectivity index is 1.71. The lowest BCUT2D eigenvalue weighted by atomic mass is 9.89. The van der Waals surface area contributed by atoms with Crippen LogP contribution in [0.4, 0.5) is 5.69 Å². The fraction of sp³-hybridized carbons (Fsp3) is 0.409. The number of nitrogens with zero attached hydrogens (tertiary/aromatic N) is 1. The van der Waals surface area contributed by atoms with Crippen LogP contribution in [0, 0.1) is 6.92 Å². The van der Waals surface area contributed by atoms with Crippen LogP contribution in [-0.2, 0) is 27.7 Å². The summed E-state index contributed by atoms with van der Waals surface area (Å²) < 4.78 is 25.6. The van der Waals surface area contributed by atoms with Crippen LogP contribution >= 0.6 is 0 Å². The van der Waals surface area contributed by atoms with Gasteiger partial charge in [0.1, 0.15) is 6.54 Å². The highest BCUT2D eigenvalue weighted by Gasteiger charge is 2.22. The molecule has 0 saturated heterocycles. The smallest absolute Gasteiger partial charge is 0.241 e. The molecule has 150 valence electrons. The summed E-state index contributed by atoms with van der Waals surface area (Å²) in [5.74, 6) is -0.323. The molecule has 28 heavy (non-hydrogen) atoms. The quantitative estimate of drug-likeness (QED) is 0.807. The molecule has 1 N–H and O–H groups in total. The topological polar surface area (TPSA) is 66.5 Å². The molecule has 0 unspecified atom stereocenters. The number of hydrogen-bond donors (Lipinski definition) is 1. The number of amides is 1. The lowest BCUT2D eigenvalue weighted by molar-refractivity contribution is -0.120. The maximum atomic E-state index is 12.6. The monoisotopic (exact) mass is 400 g/mol. The van der Waals surface area contributed by atoms with Gasteiger partial charge in [-0.25, -0.2) is 8.42 Å². The molecule has 0 aromatic heterocycles. The van der Waals surface area contributed by atoms with Gasteiger partial charge in [-0.15, -0.1) is 0 Å². The molecule has 5 nitrogen and oxygen atoms in total. The van der Waals surface area contributed by atoms with Crippen LogP contribution in [0.2, 0.25) is 0 Å². The van der Waals surface area contributed by atoms with Crippen LogP contribution in [0.25, 0.3) is 0 Å². The molecular formula is C22H28N2O3S. The highest BCUT2D eigenvalue weighted by molar-refractivity contribution is 7.92. The molecule has 0 spiro atoms. The van der Waals surface area contributed by atoms with Crippen LogP contribution in [0.3, 0.4) is 0 Å². The number of carbonyl (C=O) groups excluding carboxylic acids is 1. The standard InChI is InChI=1S/C22H28N2O3S/c1-16-8-12-21(13-9-16)24(28(3,26)27)15-22(25)23-17(2)19-11-10-18-6-4-5-7-20(18)14-19/h8-14,17H,4-7,15H2,1-3H3,(H,23,25)/t17-/m0/s1. The third-order valence-electron chi connectivity index (χ3n) is 5.26. The summed E-state index contributed by atoms with van der Waals surface area (Å²) in [6.45, 7) is 3.62. The third-order valence-corrected chi connectivity index (χ3v) is 6.40. The molecule has 0 saturated carbocycles. The van der Waals surface area contributed by atoms with Crippen molar-refractivity contribution >= 4 is 21.6 Å². The Labute approximate surface area is 167 Å². The van der Waals surface area contributed by atoms with Gasteiger partial charge >= 0.3 is 0 Å². The van der Waals surface area contributed by atoms with Gasteiger partial charge in [-0.1, -0.05) is 35.9 Å². The largest absolute Gasteiger partial charge is 0.348 e. The lowest BCUT2D eigenvalue weighted by Gasteiger charge is -2.24. The Morgan fingerprint density at radius 1 is 1.07 bits per heavy atom. The van der Waals surface area contributed by atoms with Gasteiger partial charge in [-0.05, 0) is 68.4 Å². The van der Waals surface area contributed by atoms with Gasteiger partial charge in [-0.2, -0.15) is 0 Å². The van der Waals surface area contributed by atoms with E-state index in [2.05, 4.69) is 23.5 Å². The summed E-state index contributed by atoms with van der Waals surface area (Å²) in [5.41, 5.74) is 5.33. The van der Waals surface area contributed by atoms with Gasteiger partial charge in [0.15, 0.2) is 0 Å². The second kappa shape index (κ2) is 8.35. The number of benzene rings is 2. The Morgan fingerprint density at radius 2 is 1.71 bits per heavy atom. The minimum Gasteiger partial charge on any atom is -0.348 e. The molecule has 2 aromatic rings. The van der Waals surface area contributed by atoms with Crippen molar-refractivity contribution in [1.29, 1.82) is 0 Å². The van der Waals surface area contributed by atoms with Crippen molar-refractivity contribution in [2.24, 2.45) is 0 Å². The van der Waals surface area contributed by atoms with Crippen LogP contribution in [0.5, 0.6) is 0 Å². The van der Waals surface area contributed by atoms with E-state index in [1.807, 2.05) is 26.0 Å². The molecule has 3 rings (SSSR count). The number of fused-ring (bicyclic) bond motifs is 1. The van der Waals surface area contributed by atoms with Gasteiger partial charge in [0.05, 0.1) is 18.0 Å². The first-order valence-corrected chi connectivity index (χ1v) is 11.5. The van der Waals surface area contributed by atoms with Crippen molar-refractivity contribution in [3.63, 3.8) is 0 Å². The van der Waals surface area contributed by atoms with Crippen molar-refractivity contribution in [2.45, 2.75) is 45.6 Å². The van der Waals surface area contributed by atoms with E-state index < -0.39 is 10.0 Å². The van der Waals surface area contributed by atoms with E-state index in [0.717, 1.165) is 34.5 Å². The number of nitrogens with one attached hydrogen (secondary N) is 1. The van der Waals surface area contributed by atoms with Gasteiger partial charge in [-0.3, -0.25) is 9.10 Å². The van der Waals surface area contributed by atoms with Crippen molar-refractivity contribution in [1.82, 2.24) is 5.32 Å². The highest BCUT2D eigenvalue weighted by atomic mass is 32.2. The highest BCUT2D eigenvalue weighted by Crippen LogP contribution is 2.25. The molecule has 1 aliphatic rings. The molecule has 0 bridgehead atoms. The second-order valence-electron chi connectivity index (χ2n) is 7.63. The molecule has 1 amide bonds. The maximum Gasteiger partial charge on any atom is 0.241 e. The van der Waals surface area contributed by atoms with Gasteiger partial charge in [0, 0.05) is 0 Å². The van der Waals surface area contributed by atoms with E-state index in [1.54, 1.807) is 12.1 Å². The summed E-state index contributed by atoms with van der Waals surface area (Å²) in [6, 6.07) is 13.3. The SMILES string of the molecule is Cc1ccc(N(CC(=O)N[C@@H](C)c2ccc3c(c2)CCCC3)S(C)(=O)=O)cc1. The van der Waals surface area contributed by atoms with Crippen LogP contribution in [0.1, 0.15) is 48.1 Å². The molecule has 0 radical (unpaired) electrons. The predicted molar refractivity (Wildman–Crippen MR) is 113 cm³/mol. The summed E-state index contributed by atoms with van der Waals surface area (Å²) in [7, 11) is -3.57. The number of sulfonamides is 1. The zero-order valence-electron chi connectivity index (χ0n) is 16.7. The fourth-order valence-electron chi connectivity index (χ4n) is 3.63. The van der Waals surface area contributed by atoms with E-state index in [0.29, 0.717) is 5.69 Å². The van der Waals surface area contributed by atoms with Gasteiger partial charge in [0.25, 0.3) is 0 Å². The van der Waals surface area contributed by atoms with Crippen LogP contribution in [0.15, 0.2) is 42.5 Å². The van der Waals surface area contributed by atoms with E-state index >= 15 is 0 Å². The maximum absolute atomic E-state index is 12.6. The summed E-state index contributed by atoms with van der Waals surface area (Å²) in [4.78, 5) is 12.6. The summed E-state index contributed by atoms with van der Waals surface area (Å²) in [6.07, 6.45) is 5.76. The first-order chi connectivity index (χ1) is 13.2. The zero-order chi connectivity index (χ0) is 20.3. The van der Waals surface area contributed by atoms with Crippen molar-refractivity contribution in [3.05, 3.63) is 64.7 Å². The third kappa shape index (κ3) is 4.93. The number of aryl methyl sites for hydroxylation is 3. The number of hydrogen-bond acceptors (Lipinski definition) is 3. The molecule has 6 heteroatoms. The number of rotatable bonds is 6. The molecular weight excluding hydrogens is 372 g/mol. The minimum absolute atomic E-state index is 0.181. The fourth-order valence-corrected chi connectivity index (χ4v) is 4.49. The summed E-state index contributed by atoms with van der Waals surface area (Å²) in [5, 5.41) is 2.94.